The molecule has 1 spiro atoms. The first kappa shape index (κ1) is 19.9. The monoisotopic (exact) mass is 405 g/mol. The molecule has 2 aliphatic rings. The molecule has 1 aliphatic heterocycles. The predicted octanol–water partition coefficient (Wildman–Crippen LogP) is 2.18. The SMILES string of the molecule is O=C(COC(=O)/C=C/c1cccc(Cl)c1)NN1C(=O)NC2(CCCCC2)C1=O. The van der Waals surface area contributed by atoms with Gasteiger partial charge in [-0.1, -0.05) is 43.0 Å². The van der Waals surface area contributed by atoms with Gasteiger partial charge in [-0.15, -0.1) is 0 Å². The highest BCUT2D eigenvalue weighted by Gasteiger charge is 2.52. The Hall–Kier alpha value is -2.87. The summed E-state index contributed by atoms with van der Waals surface area (Å²) in [6.07, 6.45) is 6.44. The summed E-state index contributed by atoms with van der Waals surface area (Å²) < 4.78 is 4.83. The molecular formula is C19H20ClN3O5. The van der Waals surface area contributed by atoms with Crippen LogP contribution < -0.4 is 10.7 Å². The van der Waals surface area contributed by atoms with Crippen LogP contribution in [-0.2, 0) is 19.1 Å². The van der Waals surface area contributed by atoms with Crippen molar-refractivity contribution in [2.45, 2.75) is 37.6 Å². The third kappa shape index (κ3) is 4.51. The van der Waals surface area contributed by atoms with Gasteiger partial charge >= 0.3 is 12.0 Å². The fourth-order valence-corrected chi connectivity index (χ4v) is 3.53. The minimum atomic E-state index is -0.932. The second kappa shape index (κ2) is 8.43. The lowest BCUT2D eigenvalue weighted by Crippen LogP contribution is -2.51. The van der Waals surface area contributed by atoms with Gasteiger partial charge in [-0.2, -0.15) is 5.01 Å². The summed E-state index contributed by atoms with van der Waals surface area (Å²) in [6, 6.07) is 6.18. The van der Waals surface area contributed by atoms with E-state index in [4.69, 9.17) is 16.3 Å². The number of esters is 1. The summed E-state index contributed by atoms with van der Waals surface area (Å²) >= 11 is 5.85. The van der Waals surface area contributed by atoms with E-state index in [1.54, 1.807) is 24.3 Å². The molecule has 2 N–H and O–H groups in total. The number of nitrogens with one attached hydrogen (secondary N) is 2. The van der Waals surface area contributed by atoms with Crippen molar-refractivity contribution in [3.63, 3.8) is 0 Å². The van der Waals surface area contributed by atoms with Crippen LogP contribution >= 0.6 is 11.6 Å². The van der Waals surface area contributed by atoms with Crippen LogP contribution in [0.15, 0.2) is 30.3 Å². The molecule has 148 valence electrons. The van der Waals surface area contributed by atoms with Gasteiger partial charge in [-0.3, -0.25) is 15.0 Å². The molecular weight excluding hydrogens is 386 g/mol. The van der Waals surface area contributed by atoms with Gasteiger partial charge in [-0.25, -0.2) is 9.59 Å². The van der Waals surface area contributed by atoms with Crippen LogP contribution in [-0.4, -0.2) is 41.0 Å². The fraction of sp³-hybridized carbons (Fsp3) is 0.368. The van der Waals surface area contributed by atoms with Gasteiger partial charge in [0.2, 0.25) is 0 Å². The van der Waals surface area contributed by atoms with Crippen molar-refractivity contribution in [1.29, 1.82) is 0 Å². The van der Waals surface area contributed by atoms with E-state index in [0.29, 0.717) is 28.4 Å². The summed E-state index contributed by atoms with van der Waals surface area (Å²) in [7, 11) is 0. The summed E-state index contributed by atoms with van der Waals surface area (Å²) in [5, 5.41) is 3.87. The number of rotatable bonds is 5. The number of hydrogen-bond acceptors (Lipinski definition) is 5. The van der Waals surface area contributed by atoms with Crippen LogP contribution in [0.4, 0.5) is 4.79 Å². The van der Waals surface area contributed by atoms with E-state index in [2.05, 4.69) is 10.7 Å². The van der Waals surface area contributed by atoms with Crippen LogP contribution in [0.2, 0.25) is 5.02 Å². The number of hydrogen-bond donors (Lipinski definition) is 2. The molecule has 2 fully saturated rings. The third-order valence-electron chi connectivity index (χ3n) is 4.71. The molecule has 0 radical (unpaired) electrons. The summed E-state index contributed by atoms with van der Waals surface area (Å²) in [5.41, 5.74) is 1.97. The molecule has 0 bridgehead atoms. The van der Waals surface area contributed by atoms with Crippen molar-refractivity contribution < 1.29 is 23.9 Å². The summed E-state index contributed by atoms with van der Waals surface area (Å²) in [6.45, 7) is -0.622. The standard InChI is InChI=1S/C19H20ClN3O5/c20-14-6-4-5-13(11-14)7-8-16(25)28-12-15(24)22-23-17(26)19(21-18(23)27)9-2-1-3-10-19/h4-8,11H,1-3,9-10,12H2,(H,21,27)(H,22,24)/b8-7+. The number of imide groups is 1. The van der Waals surface area contributed by atoms with Gasteiger partial charge in [0.1, 0.15) is 5.54 Å². The zero-order valence-corrected chi connectivity index (χ0v) is 15.8. The summed E-state index contributed by atoms with van der Waals surface area (Å²) in [5.74, 6) is -1.99. The highest BCUT2D eigenvalue weighted by Crippen LogP contribution is 2.32. The first-order chi connectivity index (χ1) is 13.4. The van der Waals surface area contributed by atoms with Gasteiger partial charge < -0.3 is 10.1 Å². The van der Waals surface area contributed by atoms with Crippen LogP contribution in [0.1, 0.15) is 37.7 Å². The number of amides is 4. The average Bonchev–Trinajstić information content (AvgIpc) is 2.89. The van der Waals surface area contributed by atoms with E-state index in [9.17, 15) is 19.2 Å². The Balaban J connectivity index is 1.49. The molecule has 4 amide bonds. The van der Waals surface area contributed by atoms with Gasteiger partial charge in [-0.05, 0) is 36.6 Å². The molecule has 8 nitrogen and oxygen atoms in total. The number of ether oxygens (including phenoxy) is 1. The van der Waals surface area contributed by atoms with E-state index in [-0.39, 0.29) is 0 Å². The zero-order chi connectivity index (χ0) is 20.1. The number of urea groups is 1. The van der Waals surface area contributed by atoms with E-state index < -0.39 is 36.0 Å². The molecule has 9 heteroatoms. The quantitative estimate of drug-likeness (QED) is 0.444. The average molecular weight is 406 g/mol. The largest absolute Gasteiger partial charge is 0.452 e. The van der Waals surface area contributed by atoms with Gasteiger partial charge in [0, 0.05) is 11.1 Å². The normalized spacial score (nSPS) is 18.4. The lowest BCUT2D eigenvalue weighted by Gasteiger charge is -2.30. The Morgan fingerprint density at radius 3 is 2.71 bits per heavy atom. The molecule has 1 saturated heterocycles. The first-order valence-corrected chi connectivity index (χ1v) is 9.34. The second-order valence-electron chi connectivity index (χ2n) is 6.74. The number of benzene rings is 1. The van der Waals surface area contributed by atoms with Crippen molar-refractivity contribution in [3.05, 3.63) is 40.9 Å². The lowest BCUT2D eigenvalue weighted by molar-refractivity contribution is -0.147. The highest BCUT2D eigenvalue weighted by molar-refractivity contribution is 6.30. The Kier molecular flexibility index (Phi) is 5.99. The molecule has 0 unspecified atom stereocenters. The maximum atomic E-state index is 12.6. The zero-order valence-electron chi connectivity index (χ0n) is 15.1. The minimum absolute atomic E-state index is 0.474. The second-order valence-corrected chi connectivity index (χ2v) is 7.18. The lowest BCUT2D eigenvalue weighted by atomic mass is 9.82. The maximum absolute atomic E-state index is 12.6. The van der Waals surface area contributed by atoms with E-state index in [1.807, 2.05) is 0 Å². The van der Waals surface area contributed by atoms with Crippen molar-refractivity contribution in [1.82, 2.24) is 15.8 Å². The molecule has 28 heavy (non-hydrogen) atoms. The number of halogens is 1. The molecule has 1 aliphatic carbocycles. The third-order valence-corrected chi connectivity index (χ3v) is 4.95. The van der Waals surface area contributed by atoms with Gasteiger partial charge in [0.15, 0.2) is 6.61 Å². The van der Waals surface area contributed by atoms with E-state index in [1.165, 1.54) is 6.08 Å². The Bertz CT molecular complexity index is 833. The molecule has 1 aromatic carbocycles. The molecule has 1 saturated carbocycles. The fourth-order valence-electron chi connectivity index (χ4n) is 3.33. The van der Waals surface area contributed by atoms with Crippen molar-refractivity contribution in [2.75, 3.05) is 6.61 Å². The topological polar surface area (TPSA) is 105 Å². The maximum Gasteiger partial charge on any atom is 0.344 e. The number of hydrazine groups is 1. The molecule has 0 atom stereocenters. The highest BCUT2D eigenvalue weighted by atomic mass is 35.5. The van der Waals surface area contributed by atoms with E-state index >= 15 is 0 Å². The number of nitrogens with zero attached hydrogens (tertiary/aromatic N) is 1. The number of carbonyl (C=O) groups is 4. The predicted molar refractivity (Wildman–Crippen MR) is 101 cm³/mol. The van der Waals surface area contributed by atoms with Crippen molar-refractivity contribution in [2.24, 2.45) is 0 Å². The van der Waals surface area contributed by atoms with Gasteiger partial charge in [0.05, 0.1) is 0 Å². The first-order valence-electron chi connectivity index (χ1n) is 8.96. The van der Waals surface area contributed by atoms with Crippen LogP contribution in [0.5, 0.6) is 0 Å². The van der Waals surface area contributed by atoms with Crippen molar-refractivity contribution >= 4 is 41.5 Å². The number of carbonyl (C=O) groups excluding carboxylic acids is 4. The Morgan fingerprint density at radius 2 is 2.00 bits per heavy atom. The van der Waals surface area contributed by atoms with E-state index in [0.717, 1.165) is 25.3 Å². The molecule has 0 aromatic heterocycles. The molecule has 1 aromatic rings. The minimum Gasteiger partial charge on any atom is -0.452 e. The van der Waals surface area contributed by atoms with Crippen LogP contribution in [0.3, 0.4) is 0 Å². The van der Waals surface area contributed by atoms with Crippen molar-refractivity contribution in [3.8, 4) is 0 Å². The summed E-state index contributed by atoms with van der Waals surface area (Å²) in [4.78, 5) is 48.3. The van der Waals surface area contributed by atoms with Crippen LogP contribution in [0.25, 0.3) is 6.08 Å². The smallest absolute Gasteiger partial charge is 0.344 e. The molecule has 1 heterocycles. The van der Waals surface area contributed by atoms with Crippen LogP contribution in [0, 0.1) is 0 Å². The Labute approximate surface area is 166 Å². The molecule has 3 rings (SSSR count). The Morgan fingerprint density at radius 1 is 1.25 bits per heavy atom. The van der Waals surface area contributed by atoms with Gasteiger partial charge in [0.25, 0.3) is 11.8 Å².